The number of fused-ring (bicyclic) bond motifs is 1. The molecule has 0 fully saturated rings. The third-order valence-corrected chi connectivity index (χ3v) is 4.29. The third kappa shape index (κ3) is 4.64. The van der Waals surface area contributed by atoms with Crippen LogP contribution < -0.4 is 21.0 Å². The molecule has 0 aromatic heterocycles. The molecular weight excluding hydrogens is 364 g/mol. The fourth-order valence-electron chi connectivity index (χ4n) is 2.85. The number of hydrogen-bond donors (Lipinski definition) is 3. The molecular formula is C18H22N6O4. The van der Waals surface area contributed by atoms with E-state index in [1.807, 2.05) is 30.3 Å². The number of nitrogens with one attached hydrogen (secondary N) is 3. The highest BCUT2D eigenvalue weighted by molar-refractivity contribution is 6.09. The van der Waals surface area contributed by atoms with Crippen LogP contribution in [0.4, 0.5) is 10.5 Å². The number of benzene rings is 1. The Morgan fingerprint density at radius 1 is 1.25 bits per heavy atom. The van der Waals surface area contributed by atoms with Gasteiger partial charge in [0, 0.05) is 19.2 Å². The second-order valence-electron chi connectivity index (χ2n) is 6.24. The predicted octanol–water partition coefficient (Wildman–Crippen LogP) is 0.215. The first-order chi connectivity index (χ1) is 13.6. The maximum absolute atomic E-state index is 12.3. The normalized spacial score (nSPS) is 20.1. The van der Waals surface area contributed by atoms with Gasteiger partial charge in [-0.1, -0.05) is 18.2 Å². The van der Waals surface area contributed by atoms with Gasteiger partial charge >= 0.3 is 12.0 Å². The van der Waals surface area contributed by atoms with Gasteiger partial charge in [-0.3, -0.25) is 9.59 Å². The summed E-state index contributed by atoms with van der Waals surface area (Å²) in [5, 5.41) is 14.0. The van der Waals surface area contributed by atoms with E-state index in [9.17, 15) is 14.4 Å². The molecule has 3 rings (SSSR count). The fourth-order valence-corrected chi connectivity index (χ4v) is 2.85. The highest BCUT2D eigenvalue weighted by Crippen LogP contribution is 2.27. The molecule has 2 aliphatic rings. The number of esters is 1. The van der Waals surface area contributed by atoms with Crippen molar-refractivity contribution in [1.82, 2.24) is 16.0 Å². The highest BCUT2D eigenvalue weighted by atomic mass is 16.5. The number of methoxy groups -OCH3 is 1. The molecule has 148 valence electrons. The Kier molecular flexibility index (Phi) is 6.20. The van der Waals surface area contributed by atoms with Crippen molar-refractivity contribution in [3.8, 4) is 0 Å². The number of hydrogen-bond acceptors (Lipinski definition) is 7. The monoisotopic (exact) mass is 386 g/mol. The second kappa shape index (κ2) is 8.98. The molecule has 0 saturated heterocycles. The molecule has 0 radical (unpaired) electrons. The van der Waals surface area contributed by atoms with Crippen molar-refractivity contribution in [2.45, 2.75) is 19.0 Å². The number of aliphatic imine (C=N–C) groups is 1. The fraction of sp³-hybridized carbons (Fsp3) is 0.389. The minimum absolute atomic E-state index is 0.0699. The van der Waals surface area contributed by atoms with E-state index in [1.54, 1.807) is 11.2 Å². The zero-order valence-corrected chi connectivity index (χ0v) is 15.4. The van der Waals surface area contributed by atoms with Gasteiger partial charge in [0.05, 0.1) is 19.3 Å². The van der Waals surface area contributed by atoms with Crippen molar-refractivity contribution in [3.63, 3.8) is 0 Å². The minimum atomic E-state index is -0.476. The Labute approximate surface area is 162 Å². The molecule has 0 unspecified atom stereocenters. The number of urea groups is 1. The van der Waals surface area contributed by atoms with Crippen molar-refractivity contribution in [2.75, 3.05) is 25.2 Å². The summed E-state index contributed by atoms with van der Waals surface area (Å²) in [7, 11) is 1.32. The van der Waals surface area contributed by atoms with Gasteiger partial charge < -0.3 is 20.7 Å². The highest BCUT2D eigenvalue weighted by Gasteiger charge is 2.40. The molecule has 2 heterocycles. The molecule has 10 heteroatoms. The lowest BCUT2D eigenvalue weighted by atomic mass is 10.1. The molecule has 2 aliphatic heterocycles. The van der Waals surface area contributed by atoms with Gasteiger partial charge in [0.25, 0.3) is 0 Å². The van der Waals surface area contributed by atoms with Crippen LogP contribution in [-0.4, -0.2) is 56.3 Å². The average molecular weight is 386 g/mol. The number of carbonyl (C=O) groups excluding carboxylic acids is 3. The number of carbonyl (C=O) groups is 3. The van der Waals surface area contributed by atoms with Crippen molar-refractivity contribution in [1.29, 1.82) is 0 Å². The van der Waals surface area contributed by atoms with Crippen LogP contribution in [0.25, 0.3) is 0 Å². The van der Waals surface area contributed by atoms with Gasteiger partial charge in [0.15, 0.2) is 6.17 Å². The van der Waals surface area contributed by atoms with Crippen molar-refractivity contribution in [2.24, 2.45) is 16.0 Å². The quantitative estimate of drug-likeness (QED) is 0.457. The first-order valence-corrected chi connectivity index (χ1v) is 8.93. The number of rotatable bonds is 7. The molecule has 2 atom stereocenters. The maximum atomic E-state index is 12.3. The molecule has 3 N–H and O–H groups in total. The van der Waals surface area contributed by atoms with E-state index in [1.165, 1.54) is 7.11 Å². The first kappa shape index (κ1) is 19.3. The van der Waals surface area contributed by atoms with Crippen LogP contribution in [0, 0.1) is 5.92 Å². The Bertz CT molecular complexity index is 795. The van der Waals surface area contributed by atoms with Crippen LogP contribution in [0.3, 0.4) is 0 Å². The van der Waals surface area contributed by atoms with Crippen molar-refractivity contribution < 1.29 is 19.1 Å². The van der Waals surface area contributed by atoms with Crippen LogP contribution in [0.5, 0.6) is 0 Å². The topological polar surface area (TPSA) is 124 Å². The summed E-state index contributed by atoms with van der Waals surface area (Å²) < 4.78 is 4.53. The first-order valence-electron chi connectivity index (χ1n) is 8.93. The van der Waals surface area contributed by atoms with Gasteiger partial charge in [0.2, 0.25) is 5.91 Å². The van der Waals surface area contributed by atoms with E-state index in [-0.39, 0.29) is 24.8 Å². The van der Waals surface area contributed by atoms with Crippen molar-refractivity contribution >= 4 is 35.6 Å². The Morgan fingerprint density at radius 3 is 2.79 bits per heavy atom. The van der Waals surface area contributed by atoms with Gasteiger partial charge in [-0.15, -0.1) is 0 Å². The molecule has 3 amide bonds. The summed E-state index contributed by atoms with van der Waals surface area (Å²) in [6, 6.07) is 9.04. The standard InChI is InChI=1S/C18H22N6O4/c1-28-15(25)8-5-9-19-18(27)20-11-14-22-16-13(17(26)23-14)10-21-24(16)12-6-3-2-4-7-12/h2-4,6-7,10,13,16H,5,8-9,11H2,1H3,(H2,19,20,27)(H,22,23,26)/t13-,16+/m1/s1. The van der Waals surface area contributed by atoms with Crippen LogP contribution in [0.2, 0.25) is 0 Å². The predicted molar refractivity (Wildman–Crippen MR) is 103 cm³/mol. The smallest absolute Gasteiger partial charge is 0.315 e. The lowest BCUT2D eigenvalue weighted by Gasteiger charge is -2.28. The summed E-state index contributed by atoms with van der Waals surface area (Å²) in [6.45, 7) is 0.403. The van der Waals surface area contributed by atoms with Crippen molar-refractivity contribution in [3.05, 3.63) is 30.3 Å². The van der Waals surface area contributed by atoms with E-state index >= 15 is 0 Å². The molecule has 0 spiro atoms. The zero-order valence-electron chi connectivity index (χ0n) is 15.4. The van der Waals surface area contributed by atoms with Gasteiger partial charge in [-0.05, 0) is 18.6 Å². The summed E-state index contributed by atoms with van der Waals surface area (Å²) in [5.41, 5.74) is 0.834. The number of amidine groups is 1. The number of anilines is 1. The lowest BCUT2D eigenvalue weighted by Crippen LogP contribution is -2.52. The molecule has 1 aromatic carbocycles. The summed E-state index contributed by atoms with van der Waals surface area (Å²) in [5.74, 6) is -0.645. The van der Waals surface area contributed by atoms with Crippen LogP contribution in [-0.2, 0) is 14.3 Å². The average Bonchev–Trinajstić information content (AvgIpc) is 3.14. The van der Waals surface area contributed by atoms with E-state index in [4.69, 9.17) is 0 Å². The summed E-state index contributed by atoms with van der Waals surface area (Å²) in [6.07, 6.45) is 1.81. The second-order valence-corrected chi connectivity index (χ2v) is 6.24. The molecule has 0 saturated carbocycles. The molecule has 28 heavy (non-hydrogen) atoms. The van der Waals surface area contributed by atoms with Crippen LogP contribution in [0.1, 0.15) is 12.8 Å². The van der Waals surface area contributed by atoms with E-state index in [0.29, 0.717) is 18.8 Å². The van der Waals surface area contributed by atoms with Gasteiger partial charge in [-0.25, -0.2) is 14.8 Å². The van der Waals surface area contributed by atoms with Crippen LogP contribution >= 0.6 is 0 Å². The van der Waals surface area contributed by atoms with Gasteiger partial charge in [-0.2, -0.15) is 5.10 Å². The number of ether oxygens (including phenoxy) is 1. The third-order valence-electron chi connectivity index (χ3n) is 4.29. The molecule has 0 bridgehead atoms. The molecule has 10 nitrogen and oxygen atoms in total. The lowest BCUT2D eigenvalue weighted by molar-refractivity contribution is -0.140. The number of para-hydroxylation sites is 1. The summed E-state index contributed by atoms with van der Waals surface area (Å²) in [4.78, 5) is 39.7. The molecule has 0 aliphatic carbocycles. The zero-order chi connectivity index (χ0) is 19.9. The van der Waals surface area contributed by atoms with Gasteiger partial charge in [0.1, 0.15) is 11.8 Å². The van der Waals surface area contributed by atoms with E-state index < -0.39 is 18.1 Å². The largest absolute Gasteiger partial charge is 0.469 e. The Balaban J connectivity index is 1.52. The Morgan fingerprint density at radius 2 is 2.04 bits per heavy atom. The van der Waals surface area contributed by atoms with E-state index in [2.05, 4.69) is 30.8 Å². The Hall–Kier alpha value is -3.43. The number of nitrogens with zero attached hydrogens (tertiary/aromatic N) is 3. The SMILES string of the molecule is COC(=O)CCCNC(=O)NCC1=N[C@@H]2[C@@H](C=NN2c2ccccc2)C(=O)N1. The maximum Gasteiger partial charge on any atom is 0.315 e. The number of hydrazone groups is 1. The van der Waals surface area contributed by atoms with Crippen LogP contribution in [0.15, 0.2) is 40.4 Å². The number of amides is 3. The minimum Gasteiger partial charge on any atom is -0.469 e. The summed E-state index contributed by atoms with van der Waals surface area (Å²) >= 11 is 0. The molecule has 1 aromatic rings. The van der Waals surface area contributed by atoms with E-state index in [0.717, 1.165) is 5.69 Å².